The summed E-state index contributed by atoms with van der Waals surface area (Å²) >= 11 is 12.1. The Morgan fingerprint density at radius 3 is 2.47 bits per heavy atom. The molecule has 0 aromatic heterocycles. The molecule has 1 nitrogen and oxygen atoms in total. The normalized spacial score (nSPS) is 12.4. The summed E-state index contributed by atoms with van der Waals surface area (Å²) in [6.07, 6.45) is 0.887. The molecule has 1 atom stereocenters. The molecule has 1 unspecified atom stereocenters. The molecule has 2 rings (SSSR count). The summed E-state index contributed by atoms with van der Waals surface area (Å²) in [7, 11) is 1.97. The molecule has 19 heavy (non-hydrogen) atoms. The smallest absolute Gasteiger partial charge is 0.0409 e. The molecule has 3 heteroatoms. The second kappa shape index (κ2) is 6.42. The van der Waals surface area contributed by atoms with Crippen LogP contribution >= 0.6 is 23.2 Å². The predicted octanol–water partition coefficient (Wildman–Crippen LogP) is 4.81. The van der Waals surface area contributed by atoms with Crippen molar-refractivity contribution < 1.29 is 0 Å². The summed E-state index contributed by atoms with van der Waals surface area (Å²) in [6.45, 7) is 2.11. The van der Waals surface area contributed by atoms with Gasteiger partial charge in [-0.15, -0.1) is 0 Å². The fraction of sp³-hybridized carbons (Fsp3) is 0.250. The van der Waals surface area contributed by atoms with E-state index in [0.29, 0.717) is 0 Å². The lowest BCUT2D eigenvalue weighted by Crippen LogP contribution is -2.19. The molecule has 0 aliphatic rings. The number of nitrogens with one attached hydrogen (secondary N) is 1. The zero-order chi connectivity index (χ0) is 13.8. The van der Waals surface area contributed by atoms with Gasteiger partial charge in [0.05, 0.1) is 0 Å². The third kappa shape index (κ3) is 3.73. The SMILES string of the molecule is CNC(Cc1cccc(Cl)c1)c1cc(Cl)ccc1C. The van der Waals surface area contributed by atoms with E-state index < -0.39 is 0 Å². The van der Waals surface area contributed by atoms with E-state index in [-0.39, 0.29) is 6.04 Å². The lowest BCUT2D eigenvalue weighted by Gasteiger charge is -2.19. The van der Waals surface area contributed by atoms with E-state index in [2.05, 4.69) is 24.4 Å². The first kappa shape index (κ1) is 14.4. The summed E-state index contributed by atoms with van der Waals surface area (Å²) < 4.78 is 0. The number of likely N-dealkylation sites (N-methyl/N-ethyl adjacent to an activating group) is 1. The van der Waals surface area contributed by atoms with Gasteiger partial charge in [-0.25, -0.2) is 0 Å². The molecule has 0 aliphatic carbocycles. The van der Waals surface area contributed by atoms with E-state index in [0.717, 1.165) is 16.5 Å². The zero-order valence-electron chi connectivity index (χ0n) is 11.1. The van der Waals surface area contributed by atoms with Crippen LogP contribution < -0.4 is 5.32 Å². The van der Waals surface area contributed by atoms with Crippen LogP contribution in [0.2, 0.25) is 10.0 Å². The van der Waals surface area contributed by atoms with Gasteiger partial charge in [-0.2, -0.15) is 0 Å². The molecule has 2 aromatic carbocycles. The monoisotopic (exact) mass is 293 g/mol. The highest BCUT2D eigenvalue weighted by atomic mass is 35.5. The lowest BCUT2D eigenvalue weighted by molar-refractivity contribution is 0.589. The number of rotatable bonds is 4. The van der Waals surface area contributed by atoms with Crippen molar-refractivity contribution in [2.75, 3.05) is 7.05 Å². The van der Waals surface area contributed by atoms with Crippen molar-refractivity contribution >= 4 is 23.2 Å². The van der Waals surface area contributed by atoms with E-state index in [1.807, 2.05) is 37.4 Å². The maximum Gasteiger partial charge on any atom is 0.0409 e. The predicted molar refractivity (Wildman–Crippen MR) is 83.1 cm³/mol. The molecule has 0 aliphatic heterocycles. The first-order valence-corrected chi connectivity index (χ1v) is 7.03. The van der Waals surface area contributed by atoms with Gasteiger partial charge in [-0.05, 0) is 61.3 Å². The summed E-state index contributed by atoms with van der Waals surface area (Å²) in [4.78, 5) is 0. The largest absolute Gasteiger partial charge is 0.313 e. The first-order chi connectivity index (χ1) is 9.10. The van der Waals surface area contributed by atoms with Gasteiger partial charge in [-0.1, -0.05) is 41.4 Å². The highest BCUT2D eigenvalue weighted by Crippen LogP contribution is 2.25. The third-order valence-electron chi connectivity index (χ3n) is 3.29. The minimum atomic E-state index is 0.233. The average molecular weight is 294 g/mol. The molecule has 0 heterocycles. The molecule has 0 fully saturated rings. The van der Waals surface area contributed by atoms with Gasteiger partial charge in [0.15, 0.2) is 0 Å². The van der Waals surface area contributed by atoms with Crippen LogP contribution in [-0.2, 0) is 6.42 Å². The summed E-state index contributed by atoms with van der Waals surface area (Å²) in [5.41, 5.74) is 3.69. The maximum absolute atomic E-state index is 6.10. The van der Waals surface area contributed by atoms with E-state index in [4.69, 9.17) is 23.2 Å². The summed E-state index contributed by atoms with van der Waals surface area (Å²) in [5, 5.41) is 4.90. The molecule has 0 saturated heterocycles. The molecule has 0 saturated carbocycles. The second-order valence-corrected chi connectivity index (χ2v) is 5.55. The number of aryl methyl sites for hydroxylation is 1. The Bertz CT molecular complexity index is 566. The molecular formula is C16H17Cl2N. The number of hydrogen-bond donors (Lipinski definition) is 1. The van der Waals surface area contributed by atoms with E-state index >= 15 is 0 Å². The van der Waals surface area contributed by atoms with Crippen LogP contribution in [0.1, 0.15) is 22.7 Å². The first-order valence-electron chi connectivity index (χ1n) is 6.28. The molecule has 0 amide bonds. The Kier molecular flexibility index (Phi) is 4.87. The highest BCUT2D eigenvalue weighted by Gasteiger charge is 2.13. The van der Waals surface area contributed by atoms with Gasteiger partial charge in [0, 0.05) is 16.1 Å². The quantitative estimate of drug-likeness (QED) is 0.853. The molecule has 100 valence electrons. The standard InChI is InChI=1S/C16H17Cl2N/c1-11-6-7-14(18)10-15(11)16(19-2)9-12-4-3-5-13(17)8-12/h3-8,10,16,19H,9H2,1-2H3. The molecule has 0 spiro atoms. The second-order valence-electron chi connectivity index (χ2n) is 4.68. The van der Waals surface area contributed by atoms with E-state index in [1.165, 1.54) is 16.7 Å². The molecule has 0 bridgehead atoms. The van der Waals surface area contributed by atoms with Crippen molar-refractivity contribution in [2.45, 2.75) is 19.4 Å². The van der Waals surface area contributed by atoms with Crippen LogP contribution in [0.15, 0.2) is 42.5 Å². The van der Waals surface area contributed by atoms with Crippen LogP contribution in [0.4, 0.5) is 0 Å². The fourth-order valence-electron chi connectivity index (χ4n) is 2.25. The molecule has 0 radical (unpaired) electrons. The zero-order valence-corrected chi connectivity index (χ0v) is 12.6. The van der Waals surface area contributed by atoms with Crippen molar-refractivity contribution in [2.24, 2.45) is 0 Å². The van der Waals surface area contributed by atoms with Crippen molar-refractivity contribution in [3.8, 4) is 0 Å². The Morgan fingerprint density at radius 2 is 1.79 bits per heavy atom. The Hall–Kier alpha value is -1.02. The third-order valence-corrected chi connectivity index (χ3v) is 3.76. The molecule has 1 N–H and O–H groups in total. The van der Waals surface area contributed by atoms with Crippen molar-refractivity contribution in [1.29, 1.82) is 0 Å². The van der Waals surface area contributed by atoms with Crippen molar-refractivity contribution in [1.82, 2.24) is 5.32 Å². The van der Waals surface area contributed by atoms with E-state index in [1.54, 1.807) is 0 Å². The van der Waals surface area contributed by atoms with Gasteiger partial charge >= 0.3 is 0 Å². The Balaban J connectivity index is 2.27. The van der Waals surface area contributed by atoms with Gasteiger partial charge in [0.2, 0.25) is 0 Å². The van der Waals surface area contributed by atoms with Crippen molar-refractivity contribution in [3.63, 3.8) is 0 Å². The average Bonchev–Trinajstić information content (AvgIpc) is 2.39. The van der Waals surface area contributed by atoms with Crippen LogP contribution in [-0.4, -0.2) is 7.05 Å². The van der Waals surface area contributed by atoms with Crippen LogP contribution in [0.25, 0.3) is 0 Å². The number of hydrogen-bond acceptors (Lipinski definition) is 1. The van der Waals surface area contributed by atoms with Gasteiger partial charge in [0.25, 0.3) is 0 Å². The van der Waals surface area contributed by atoms with Crippen molar-refractivity contribution in [3.05, 3.63) is 69.2 Å². The van der Waals surface area contributed by atoms with Gasteiger partial charge in [0.1, 0.15) is 0 Å². The summed E-state index contributed by atoms with van der Waals surface area (Å²) in [5.74, 6) is 0. The lowest BCUT2D eigenvalue weighted by atomic mass is 9.95. The topological polar surface area (TPSA) is 12.0 Å². The molecular weight excluding hydrogens is 277 g/mol. The number of benzene rings is 2. The van der Waals surface area contributed by atoms with Crippen LogP contribution in [0.5, 0.6) is 0 Å². The number of halogens is 2. The fourth-order valence-corrected chi connectivity index (χ4v) is 2.65. The highest BCUT2D eigenvalue weighted by molar-refractivity contribution is 6.30. The minimum absolute atomic E-state index is 0.233. The molecule has 2 aromatic rings. The van der Waals surface area contributed by atoms with Crippen LogP contribution in [0, 0.1) is 6.92 Å². The van der Waals surface area contributed by atoms with Gasteiger partial charge < -0.3 is 5.32 Å². The Labute approximate surface area is 124 Å². The van der Waals surface area contributed by atoms with E-state index in [9.17, 15) is 0 Å². The maximum atomic E-state index is 6.10. The van der Waals surface area contributed by atoms with Crippen LogP contribution in [0.3, 0.4) is 0 Å². The summed E-state index contributed by atoms with van der Waals surface area (Å²) in [6, 6.07) is 14.2. The minimum Gasteiger partial charge on any atom is -0.313 e. The Morgan fingerprint density at radius 1 is 1.05 bits per heavy atom. The van der Waals surface area contributed by atoms with Gasteiger partial charge in [-0.3, -0.25) is 0 Å².